The third-order valence-electron chi connectivity index (χ3n) is 4.47. The molecule has 0 amide bonds. The van der Waals surface area contributed by atoms with E-state index in [1.807, 2.05) is 0 Å². The van der Waals surface area contributed by atoms with Crippen LogP contribution in [0.15, 0.2) is 0 Å². The summed E-state index contributed by atoms with van der Waals surface area (Å²) in [6.07, 6.45) is 7.18. The van der Waals surface area contributed by atoms with Crippen LogP contribution in [0.25, 0.3) is 0 Å². The molecule has 1 aliphatic carbocycles. The van der Waals surface area contributed by atoms with Gasteiger partial charge < -0.3 is 10.1 Å². The van der Waals surface area contributed by atoms with Gasteiger partial charge in [-0.3, -0.25) is 0 Å². The molecule has 2 fully saturated rings. The maximum Gasteiger partial charge on any atom is 0.214 e. The summed E-state index contributed by atoms with van der Waals surface area (Å²) in [5.74, 6) is 0.282. The lowest BCUT2D eigenvalue weighted by Gasteiger charge is -2.42. The molecule has 1 saturated carbocycles. The van der Waals surface area contributed by atoms with E-state index in [4.69, 9.17) is 4.74 Å². The fraction of sp³-hybridized carbons (Fsp3) is 1.00. The van der Waals surface area contributed by atoms with Crippen molar-refractivity contribution in [3.05, 3.63) is 0 Å². The van der Waals surface area contributed by atoms with Crippen molar-refractivity contribution in [3.8, 4) is 0 Å². The van der Waals surface area contributed by atoms with E-state index in [9.17, 15) is 8.42 Å². The van der Waals surface area contributed by atoms with Gasteiger partial charge in [-0.2, -0.15) is 4.31 Å². The Labute approximate surface area is 129 Å². The maximum atomic E-state index is 12.6. The van der Waals surface area contributed by atoms with Crippen LogP contribution < -0.4 is 5.32 Å². The summed E-state index contributed by atoms with van der Waals surface area (Å²) >= 11 is 0. The Hall–Kier alpha value is -0.170. The number of morpholine rings is 1. The van der Waals surface area contributed by atoms with Gasteiger partial charge in [0.25, 0.3) is 0 Å². The normalized spacial score (nSPS) is 27.5. The molecule has 1 saturated heterocycles. The third-order valence-corrected chi connectivity index (χ3v) is 6.44. The van der Waals surface area contributed by atoms with Crippen LogP contribution in [0.1, 0.15) is 51.9 Å². The Balaban J connectivity index is 1.80. The molecule has 6 heteroatoms. The summed E-state index contributed by atoms with van der Waals surface area (Å²) < 4.78 is 32.7. The van der Waals surface area contributed by atoms with E-state index < -0.39 is 10.0 Å². The van der Waals surface area contributed by atoms with Crippen molar-refractivity contribution in [1.29, 1.82) is 0 Å². The predicted molar refractivity (Wildman–Crippen MR) is 84.9 cm³/mol. The molecular weight excluding hydrogens is 288 g/mol. The number of fused-ring (bicyclic) bond motifs is 1. The summed E-state index contributed by atoms with van der Waals surface area (Å²) in [7, 11) is -3.12. The molecule has 5 nitrogen and oxygen atoms in total. The minimum atomic E-state index is -3.12. The zero-order chi connectivity index (χ0) is 15.1. The van der Waals surface area contributed by atoms with E-state index in [2.05, 4.69) is 12.2 Å². The molecule has 0 aromatic rings. The first-order chi connectivity index (χ1) is 10.1. The van der Waals surface area contributed by atoms with Gasteiger partial charge in [0.1, 0.15) is 0 Å². The van der Waals surface area contributed by atoms with Crippen LogP contribution in [-0.4, -0.2) is 56.9 Å². The second kappa shape index (κ2) is 8.46. The average molecular weight is 318 g/mol. The van der Waals surface area contributed by atoms with E-state index in [-0.39, 0.29) is 17.9 Å². The molecule has 1 heterocycles. The van der Waals surface area contributed by atoms with E-state index in [0.717, 1.165) is 58.0 Å². The minimum absolute atomic E-state index is 0.0933. The zero-order valence-electron chi connectivity index (χ0n) is 13.2. The van der Waals surface area contributed by atoms with Crippen molar-refractivity contribution >= 4 is 10.0 Å². The highest BCUT2D eigenvalue weighted by Crippen LogP contribution is 2.30. The van der Waals surface area contributed by atoms with Crippen molar-refractivity contribution in [3.63, 3.8) is 0 Å². The lowest BCUT2D eigenvalue weighted by Crippen LogP contribution is -2.55. The van der Waals surface area contributed by atoms with Crippen LogP contribution in [0.5, 0.6) is 0 Å². The second-order valence-electron chi connectivity index (χ2n) is 6.14. The van der Waals surface area contributed by atoms with E-state index in [0.29, 0.717) is 13.2 Å². The number of nitrogens with one attached hydrogen (secondary N) is 1. The molecule has 21 heavy (non-hydrogen) atoms. The highest BCUT2D eigenvalue weighted by Gasteiger charge is 2.39. The van der Waals surface area contributed by atoms with Gasteiger partial charge in [0.05, 0.1) is 24.5 Å². The largest absolute Gasteiger partial charge is 0.375 e. The summed E-state index contributed by atoms with van der Waals surface area (Å²) in [4.78, 5) is 0. The molecule has 0 spiro atoms. The highest BCUT2D eigenvalue weighted by molar-refractivity contribution is 7.89. The molecule has 0 radical (unpaired) electrons. The minimum Gasteiger partial charge on any atom is -0.375 e. The lowest BCUT2D eigenvalue weighted by molar-refractivity contribution is -0.0586. The maximum absolute atomic E-state index is 12.6. The lowest BCUT2D eigenvalue weighted by atomic mass is 9.91. The summed E-state index contributed by atoms with van der Waals surface area (Å²) in [6.45, 7) is 5.16. The molecule has 2 rings (SSSR count). The van der Waals surface area contributed by atoms with E-state index >= 15 is 0 Å². The molecule has 2 atom stereocenters. The van der Waals surface area contributed by atoms with Crippen LogP contribution in [0, 0.1) is 0 Å². The molecule has 0 aromatic carbocycles. The molecule has 1 N–H and O–H groups in total. The summed E-state index contributed by atoms with van der Waals surface area (Å²) in [6, 6.07) is 0.0933. The molecule has 2 aliphatic rings. The van der Waals surface area contributed by atoms with Crippen molar-refractivity contribution in [2.45, 2.75) is 64.0 Å². The fourth-order valence-corrected chi connectivity index (χ4v) is 5.17. The fourth-order valence-electron chi connectivity index (χ4n) is 3.36. The monoisotopic (exact) mass is 318 g/mol. The van der Waals surface area contributed by atoms with Crippen LogP contribution in [0.4, 0.5) is 0 Å². The third kappa shape index (κ3) is 4.91. The Morgan fingerprint density at radius 3 is 2.81 bits per heavy atom. The van der Waals surface area contributed by atoms with E-state index in [1.165, 1.54) is 0 Å². The molecule has 124 valence electrons. The summed E-state index contributed by atoms with van der Waals surface area (Å²) in [5, 5.41) is 3.32. The van der Waals surface area contributed by atoms with Gasteiger partial charge >= 0.3 is 0 Å². The van der Waals surface area contributed by atoms with Crippen LogP contribution in [0.3, 0.4) is 0 Å². The number of hydrogen-bond acceptors (Lipinski definition) is 4. The van der Waals surface area contributed by atoms with Crippen molar-refractivity contribution in [1.82, 2.24) is 9.62 Å². The molecule has 2 unspecified atom stereocenters. The van der Waals surface area contributed by atoms with Crippen LogP contribution >= 0.6 is 0 Å². The molecule has 0 aromatic heterocycles. The quantitative estimate of drug-likeness (QED) is 0.693. The van der Waals surface area contributed by atoms with Crippen LogP contribution in [-0.2, 0) is 14.8 Å². The number of unbranched alkanes of at least 4 members (excludes halogenated alkanes) is 1. The average Bonchev–Trinajstić information content (AvgIpc) is 2.50. The zero-order valence-corrected chi connectivity index (χ0v) is 14.0. The SMILES string of the molecule is CCCNCCCCS(=O)(=O)N1CCOC2CCCCC21. The first-order valence-electron chi connectivity index (χ1n) is 8.47. The van der Waals surface area contributed by atoms with Gasteiger partial charge in [0, 0.05) is 6.54 Å². The van der Waals surface area contributed by atoms with Gasteiger partial charge in [-0.15, -0.1) is 0 Å². The smallest absolute Gasteiger partial charge is 0.214 e. The van der Waals surface area contributed by atoms with Gasteiger partial charge in [0.15, 0.2) is 0 Å². The Morgan fingerprint density at radius 2 is 2.00 bits per heavy atom. The van der Waals surface area contributed by atoms with Crippen molar-refractivity contribution in [2.75, 3.05) is 32.0 Å². The Morgan fingerprint density at radius 1 is 1.19 bits per heavy atom. The van der Waals surface area contributed by atoms with E-state index in [1.54, 1.807) is 4.31 Å². The van der Waals surface area contributed by atoms with Crippen molar-refractivity contribution in [2.24, 2.45) is 0 Å². The van der Waals surface area contributed by atoms with Crippen molar-refractivity contribution < 1.29 is 13.2 Å². The molecule has 0 bridgehead atoms. The molecular formula is C15H30N2O3S. The number of nitrogens with zero attached hydrogens (tertiary/aromatic N) is 1. The summed E-state index contributed by atoms with van der Waals surface area (Å²) in [5.41, 5.74) is 0. The predicted octanol–water partition coefficient (Wildman–Crippen LogP) is 1.74. The van der Waals surface area contributed by atoms with Crippen LogP contribution in [0.2, 0.25) is 0 Å². The highest BCUT2D eigenvalue weighted by atomic mass is 32.2. The Kier molecular flexibility index (Phi) is 6.92. The number of sulfonamides is 1. The topological polar surface area (TPSA) is 58.6 Å². The van der Waals surface area contributed by atoms with Gasteiger partial charge in [0.2, 0.25) is 10.0 Å². The number of rotatable bonds is 8. The Bertz CT molecular complexity index is 398. The standard InChI is InChI=1S/C15H30N2O3S/c1-2-9-16-10-5-6-13-21(18,19)17-11-12-20-15-8-4-3-7-14(15)17/h14-16H,2-13H2,1H3. The molecule has 1 aliphatic heterocycles. The van der Waals surface area contributed by atoms with Gasteiger partial charge in [-0.25, -0.2) is 8.42 Å². The van der Waals surface area contributed by atoms with Gasteiger partial charge in [-0.05, 0) is 45.2 Å². The number of ether oxygens (including phenoxy) is 1. The first kappa shape index (κ1) is 17.2. The number of hydrogen-bond donors (Lipinski definition) is 1. The van der Waals surface area contributed by atoms with Gasteiger partial charge in [-0.1, -0.05) is 19.8 Å². The second-order valence-corrected chi connectivity index (χ2v) is 8.19. The first-order valence-corrected chi connectivity index (χ1v) is 10.1.